The summed E-state index contributed by atoms with van der Waals surface area (Å²) in [5.74, 6) is -0.285. The number of hydrogen-bond donors (Lipinski definition) is 2. The van der Waals surface area contributed by atoms with Crippen LogP contribution >= 0.6 is 15.9 Å². The molecular weight excluding hydrogens is 338 g/mol. The maximum Gasteiger partial charge on any atom is 0.303 e. The van der Waals surface area contributed by atoms with Gasteiger partial charge in [-0.05, 0) is 38.8 Å². The van der Waals surface area contributed by atoms with Gasteiger partial charge in [-0.3, -0.25) is 9.59 Å². The average molecular weight is 358 g/mol. The second-order valence-corrected chi connectivity index (χ2v) is 5.91. The van der Waals surface area contributed by atoms with Gasteiger partial charge in [0.25, 0.3) is 0 Å². The number of carboxylic acid groups (broad SMARTS) is 1. The van der Waals surface area contributed by atoms with Crippen molar-refractivity contribution in [1.82, 2.24) is 0 Å². The molecule has 0 fully saturated rings. The van der Waals surface area contributed by atoms with E-state index in [2.05, 4.69) is 21.2 Å². The van der Waals surface area contributed by atoms with E-state index in [1.807, 2.05) is 19.9 Å². The van der Waals surface area contributed by atoms with E-state index in [1.54, 1.807) is 12.1 Å². The number of unbranched alkanes of at least 4 members (excludes halogenated alkanes) is 1. The molecule has 1 rings (SSSR count). The van der Waals surface area contributed by atoms with Crippen LogP contribution in [-0.2, 0) is 9.59 Å². The standard InChI is InChI=1S/C15H20BrNO4/c1-10(2)21-13-8-11(16)7-12(9-13)17-14(18)5-3-4-6-15(19)20/h7-10H,3-6H2,1-2H3,(H,17,18)(H,19,20). The summed E-state index contributed by atoms with van der Waals surface area (Å²) in [6.45, 7) is 3.86. The maximum atomic E-state index is 11.8. The lowest BCUT2D eigenvalue weighted by Gasteiger charge is -2.12. The average Bonchev–Trinajstić information content (AvgIpc) is 2.32. The topological polar surface area (TPSA) is 75.6 Å². The molecule has 0 spiro atoms. The van der Waals surface area contributed by atoms with Crippen LogP contribution < -0.4 is 10.1 Å². The van der Waals surface area contributed by atoms with E-state index < -0.39 is 5.97 Å². The number of benzene rings is 1. The van der Waals surface area contributed by atoms with Crippen LogP contribution in [0.2, 0.25) is 0 Å². The quantitative estimate of drug-likeness (QED) is 0.693. The van der Waals surface area contributed by atoms with Crippen molar-refractivity contribution in [3.63, 3.8) is 0 Å². The van der Waals surface area contributed by atoms with Gasteiger partial charge in [-0.15, -0.1) is 0 Å². The van der Waals surface area contributed by atoms with Crippen LogP contribution in [0.25, 0.3) is 0 Å². The van der Waals surface area contributed by atoms with E-state index in [1.165, 1.54) is 0 Å². The molecule has 0 heterocycles. The number of amides is 1. The van der Waals surface area contributed by atoms with E-state index in [9.17, 15) is 9.59 Å². The van der Waals surface area contributed by atoms with Gasteiger partial charge < -0.3 is 15.2 Å². The molecule has 0 aliphatic carbocycles. The Hall–Kier alpha value is -1.56. The second-order valence-electron chi connectivity index (χ2n) is 4.99. The molecule has 116 valence electrons. The Morgan fingerprint density at radius 3 is 2.52 bits per heavy atom. The third-order valence-corrected chi connectivity index (χ3v) is 3.03. The van der Waals surface area contributed by atoms with Crippen molar-refractivity contribution < 1.29 is 19.4 Å². The number of anilines is 1. The Morgan fingerprint density at radius 1 is 1.24 bits per heavy atom. The number of aliphatic carboxylic acids is 1. The van der Waals surface area contributed by atoms with Crippen LogP contribution in [0.15, 0.2) is 22.7 Å². The minimum absolute atomic E-state index is 0.0545. The summed E-state index contributed by atoms with van der Waals surface area (Å²) in [5, 5.41) is 11.3. The van der Waals surface area contributed by atoms with Gasteiger partial charge in [0.2, 0.25) is 5.91 Å². The number of carbonyl (C=O) groups is 2. The first-order valence-corrected chi connectivity index (χ1v) is 7.65. The molecule has 21 heavy (non-hydrogen) atoms. The molecule has 1 amide bonds. The van der Waals surface area contributed by atoms with Crippen molar-refractivity contribution in [1.29, 1.82) is 0 Å². The first-order valence-electron chi connectivity index (χ1n) is 6.85. The van der Waals surface area contributed by atoms with Gasteiger partial charge in [0.05, 0.1) is 6.10 Å². The molecular formula is C15H20BrNO4. The van der Waals surface area contributed by atoms with Crippen molar-refractivity contribution in [2.45, 2.75) is 45.6 Å². The van der Waals surface area contributed by atoms with Gasteiger partial charge in [-0.1, -0.05) is 15.9 Å². The largest absolute Gasteiger partial charge is 0.491 e. The fraction of sp³-hybridized carbons (Fsp3) is 0.467. The highest BCUT2D eigenvalue weighted by molar-refractivity contribution is 9.10. The van der Waals surface area contributed by atoms with Crippen LogP contribution in [0.1, 0.15) is 39.5 Å². The molecule has 0 radical (unpaired) electrons. The molecule has 0 aromatic heterocycles. The van der Waals surface area contributed by atoms with E-state index in [0.29, 0.717) is 30.7 Å². The predicted octanol–water partition coefficient (Wildman–Crippen LogP) is 3.82. The molecule has 0 aliphatic rings. The highest BCUT2D eigenvalue weighted by Gasteiger charge is 2.07. The van der Waals surface area contributed by atoms with Crippen LogP contribution in [0.3, 0.4) is 0 Å². The minimum atomic E-state index is -0.835. The van der Waals surface area contributed by atoms with Gasteiger partial charge in [0.15, 0.2) is 0 Å². The number of carbonyl (C=O) groups excluding carboxylic acids is 1. The van der Waals surface area contributed by atoms with E-state index in [-0.39, 0.29) is 18.4 Å². The summed E-state index contributed by atoms with van der Waals surface area (Å²) in [4.78, 5) is 22.2. The van der Waals surface area contributed by atoms with Crippen LogP contribution in [0.4, 0.5) is 5.69 Å². The molecule has 0 unspecified atom stereocenters. The molecule has 1 aromatic carbocycles. The third kappa shape index (κ3) is 7.70. The molecule has 0 bridgehead atoms. The Balaban J connectivity index is 2.51. The highest BCUT2D eigenvalue weighted by atomic mass is 79.9. The number of carboxylic acids is 1. The summed E-state index contributed by atoms with van der Waals surface area (Å²) in [6, 6.07) is 5.39. The molecule has 0 saturated carbocycles. The maximum absolute atomic E-state index is 11.8. The molecule has 5 nitrogen and oxygen atoms in total. The first kappa shape index (κ1) is 17.5. The van der Waals surface area contributed by atoms with E-state index in [0.717, 1.165) is 4.47 Å². The molecule has 0 saturated heterocycles. The zero-order valence-corrected chi connectivity index (χ0v) is 13.8. The van der Waals surface area contributed by atoms with Crippen molar-refractivity contribution in [3.05, 3.63) is 22.7 Å². The lowest BCUT2D eigenvalue weighted by Crippen LogP contribution is -2.12. The number of ether oxygens (including phenoxy) is 1. The monoisotopic (exact) mass is 357 g/mol. The number of nitrogens with one attached hydrogen (secondary N) is 1. The van der Waals surface area contributed by atoms with Crippen molar-refractivity contribution in [3.8, 4) is 5.75 Å². The second kappa shape index (κ2) is 8.67. The number of halogens is 1. The number of hydrogen-bond acceptors (Lipinski definition) is 3. The molecule has 6 heteroatoms. The normalized spacial score (nSPS) is 10.5. The summed E-state index contributed by atoms with van der Waals surface area (Å²) < 4.78 is 6.42. The lowest BCUT2D eigenvalue weighted by molar-refractivity contribution is -0.137. The molecule has 2 N–H and O–H groups in total. The molecule has 1 aromatic rings. The van der Waals surface area contributed by atoms with Gasteiger partial charge in [-0.2, -0.15) is 0 Å². The van der Waals surface area contributed by atoms with Crippen LogP contribution in [0, 0.1) is 0 Å². The van der Waals surface area contributed by atoms with Gasteiger partial charge in [0, 0.05) is 29.1 Å². The molecule has 0 aliphatic heterocycles. The van der Waals surface area contributed by atoms with Gasteiger partial charge >= 0.3 is 5.97 Å². The fourth-order valence-electron chi connectivity index (χ4n) is 1.76. The van der Waals surface area contributed by atoms with Crippen molar-refractivity contribution in [2.24, 2.45) is 0 Å². The van der Waals surface area contributed by atoms with Gasteiger partial charge in [0.1, 0.15) is 5.75 Å². The van der Waals surface area contributed by atoms with Crippen molar-refractivity contribution >= 4 is 33.5 Å². The zero-order chi connectivity index (χ0) is 15.8. The van der Waals surface area contributed by atoms with Crippen LogP contribution in [-0.4, -0.2) is 23.1 Å². The summed E-state index contributed by atoms with van der Waals surface area (Å²) in [6.07, 6.45) is 1.51. The Bertz CT molecular complexity index is 502. The lowest BCUT2D eigenvalue weighted by atomic mass is 10.2. The Labute approximate surface area is 132 Å². The van der Waals surface area contributed by atoms with Crippen LogP contribution in [0.5, 0.6) is 5.75 Å². The van der Waals surface area contributed by atoms with E-state index >= 15 is 0 Å². The summed E-state index contributed by atoms with van der Waals surface area (Å²) >= 11 is 3.38. The third-order valence-electron chi connectivity index (χ3n) is 2.57. The van der Waals surface area contributed by atoms with E-state index in [4.69, 9.17) is 9.84 Å². The summed E-state index contributed by atoms with van der Waals surface area (Å²) in [7, 11) is 0. The highest BCUT2D eigenvalue weighted by Crippen LogP contribution is 2.25. The predicted molar refractivity (Wildman–Crippen MR) is 84.6 cm³/mol. The zero-order valence-electron chi connectivity index (χ0n) is 12.2. The fourth-order valence-corrected chi connectivity index (χ4v) is 2.23. The molecule has 0 atom stereocenters. The van der Waals surface area contributed by atoms with Gasteiger partial charge in [-0.25, -0.2) is 0 Å². The Morgan fingerprint density at radius 2 is 1.90 bits per heavy atom. The first-order chi connectivity index (χ1) is 9.86. The Kier molecular flexibility index (Phi) is 7.22. The van der Waals surface area contributed by atoms with Crippen molar-refractivity contribution in [2.75, 3.05) is 5.32 Å². The SMILES string of the molecule is CC(C)Oc1cc(Br)cc(NC(=O)CCCCC(=O)O)c1. The minimum Gasteiger partial charge on any atom is -0.491 e. The smallest absolute Gasteiger partial charge is 0.303 e. The summed E-state index contributed by atoms with van der Waals surface area (Å²) in [5.41, 5.74) is 0.656. The number of rotatable bonds is 8.